The molecule has 0 spiro atoms. The highest BCUT2D eigenvalue weighted by Crippen LogP contribution is 2.32. The van der Waals surface area contributed by atoms with E-state index < -0.39 is 17.0 Å². The Bertz CT molecular complexity index is 1510. The first-order chi connectivity index (χ1) is 16.5. The first-order valence-electron chi connectivity index (χ1n) is 10.8. The van der Waals surface area contributed by atoms with Gasteiger partial charge in [-0.1, -0.05) is 35.9 Å². The molecule has 4 aromatic rings. The van der Waals surface area contributed by atoms with Crippen LogP contribution in [0.4, 0.5) is 0 Å². The van der Waals surface area contributed by atoms with Crippen molar-refractivity contribution in [2.24, 2.45) is 0 Å². The quantitative estimate of drug-likeness (QED) is 0.443. The topological polar surface area (TPSA) is 104 Å². The molecule has 0 saturated heterocycles. The van der Waals surface area contributed by atoms with Crippen molar-refractivity contribution in [3.63, 3.8) is 0 Å². The lowest BCUT2D eigenvalue weighted by Crippen LogP contribution is -2.44. The van der Waals surface area contributed by atoms with Gasteiger partial charge < -0.3 is 14.8 Å². The number of ether oxygens (including phenoxy) is 2. The van der Waals surface area contributed by atoms with Gasteiger partial charge in [0.2, 0.25) is 12.7 Å². The number of nitrogens with zero attached hydrogens (tertiary/aromatic N) is 3. The van der Waals surface area contributed by atoms with E-state index in [1.165, 1.54) is 9.13 Å². The Balaban J connectivity index is 1.40. The normalized spacial score (nSPS) is 12.1. The van der Waals surface area contributed by atoms with Gasteiger partial charge in [0, 0.05) is 12.7 Å². The van der Waals surface area contributed by atoms with Crippen LogP contribution in [0.2, 0.25) is 0 Å². The van der Waals surface area contributed by atoms with Crippen molar-refractivity contribution in [2.45, 2.75) is 26.6 Å². The summed E-state index contributed by atoms with van der Waals surface area (Å²) in [6.07, 6.45) is 1.56. The molecule has 9 nitrogen and oxygen atoms in total. The van der Waals surface area contributed by atoms with Crippen molar-refractivity contribution in [1.82, 2.24) is 19.4 Å². The fraction of sp³-hybridized carbons (Fsp3) is 0.200. The summed E-state index contributed by atoms with van der Waals surface area (Å²) in [5.41, 5.74) is 2.05. The summed E-state index contributed by atoms with van der Waals surface area (Å²) >= 11 is 0. The first kappa shape index (κ1) is 21.4. The third kappa shape index (κ3) is 4.15. The summed E-state index contributed by atoms with van der Waals surface area (Å²) in [4.78, 5) is 43.0. The van der Waals surface area contributed by atoms with Crippen LogP contribution < -0.4 is 25.9 Å². The minimum Gasteiger partial charge on any atom is -0.454 e. The second-order valence-electron chi connectivity index (χ2n) is 8.08. The number of fused-ring (bicyclic) bond motifs is 2. The summed E-state index contributed by atoms with van der Waals surface area (Å²) < 4.78 is 13.2. The van der Waals surface area contributed by atoms with E-state index >= 15 is 0 Å². The van der Waals surface area contributed by atoms with Crippen molar-refractivity contribution in [2.75, 3.05) is 6.79 Å². The van der Waals surface area contributed by atoms with Gasteiger partial charge in [0.25, 0.3) is 0 Å². The number of hydrogen-bond acceptors (Lipinski definition) is 6. The molecule has 0 bridgehead atoms. The van der Waals surface area contributed by atoms with E-state index in [0.29, 0.717) is 22.7 Å². The Labute approximate surface area is 194 Å². The minimum absolute atomic E-state index is 0.171. The second-order valence-corrected chi connectivity index (χ2v) is 8.08. The molecule has 0 unspecified atom stereocenters. The fourth-order valence-electron chi connectivity index (χ4n) is 3.87. The Kier molecular flexibility index (Phi) is 5.59. The first-order valence-corrected chi connectivity index (χ1v) is 10.8. The number of amides is 1. The molecule has 34 heavy (non-hydrogen) atoms. The van der Waals surface area contributed by atoms with Gasteiger partial charge in [-0.05, 0) is 42.3 Å². The predicted octanol–water partition coefficient (Wildman–Crippen LogP) is 1.96. The van der Waals surface area contributed by atoms with E-state index in [9.17, 15) is 14.4 Å². The maximum atomic E-state index is 13.0. The molecule has 172 valence electrons. The predicted molar refractivity (Wildman–Crippen MR) is 125 cm³/mol. The van der Waals surface area contributed by atoms with Gasteiger partial charge in [-0.25, -0.2) is 4.98 Å². The zero-order valence-electron chi connectivity index (χ0n) is 18.5. The molecular formula is C25H22N4O5. The maximum absolute atomic E-state index is 13.0. The van der Waals surface area contributed by atoms with Crippen LogP contribution in [-0.4, -0.2) is 26.8 Å². The third-order valence-corrected chi connectivity index (χ3v) is 5.68. The van der Waals surface area contributed by atoms with E-state index in [0.717, 1.165) is 16.7 Å². The molecular weight excluding hydrogens is 436 g/mol. The van der Waals surface area contributed by atoms with E-state index in [1.54, 1.807) is 30.5 Å². The van der Waals surface area contributed by atoms with E-state index in [-0.39, 0.29) is 26.4 Å². The molecule has 1 aliphatic heterocycles. The Morgan fingerprint density at radius 1 is 0.971 bits per heavy atom. The summed E-state index contributed by atoms with van der Waals surface area (Å²) in [6, 6.07) is 16.5. The summed E-state index contributed by atoms with van der Waals surface area (Å²) in [5, 5.41) is 2.79. The molecule has 0 fully saturated rings. The molecule has 0 aliphatic carbocycles. The highest BCUT2D eigenvalue weighted by Gasteiger charge is 2.17. The molecule has 0 saturated carbocycles. The lowest BCUT2D eigenvalue weighted by Gasteiger charge is -2.14. The number of benzene rings is 2. The van der Waals surface area contributed by atoms with Gasteiger partial charge in [-0.15, -0.1) is 0 Å². The number of aromatic nitrogens is 3. The highest BCUT2D eigenvalue weighted by atomic mass is 16.7. The molecule has 1 amide bonds. The Morgan fingerprint density at radius 3 is 2.53 bits per heavy atom. The largest absolute Gasteiger partial charge is 0.454 e. The average molecular weight is 458 g/mol. The van der Waals surface area contributed by atoms with Gasteiger partial charge in [-0.2, -0.15) is 0 Å². The average Bonchev–Trinajstić information content (AvgIpc) is 3.32. The minimum atomic E-state index is -0.772. The lowest BCUT2D eigenvalue weighted by molar-refractivity contribution is -0.121. The lowest BCUT2D eigenvalue weighted by atomic mass is 10.1. The molecule has 2 aromatic carbocycles. The number of carbonyl (C=O) groups is 1. The number of nitrogens with one attached hydrogen (secondary N) is 1. The molecule has 3 heterocycles. The van der Waals surface area contributed by atoms with Crippen molar-refractivity contribution < 1.29 is 14.3 Å². The Hall–Kier alpha value is -4.40. The monoisotopic (exact) mass is 458 g/mol. The van der Waals surface area contributed by atoms with E-state index in [1.807, 2.05) is 37.3 Å². The molecule has 1 aliphatic rings. The van der Waals surface area contributed by atoms with Crippen molar-refractivity contribution in [1.29, 1.82) is 0 Å². The van der Waals surface area contributed by atoms with Crippen LogP contribution in [0, 0.1) is 6.92 Å². The van der Waals surface area contributed by atoms with E-state index in [4.69, 9.17) is 9.47 Å². The highest BCUT2D eigenvalue weighted by molar-refractivity contribution is 5.78. The smallest absolute Gasteiger partial charge is 0.318 e. The zero-order chi connectivity index (χ0) is 23.7. The molecule has 0 radical (unpaired) electrons. The van der Waals surface area contributed by atoms with Crippen LogP contribution in [0.25, 0.3) is 11.2 Å². The maximum Gasteiger partial charge on any atom is 0.318 e. The third-order valence-electron chi connectivity index (χ3n) is 5.68. The van der Waals surface area contributed by atoms with Gasteiger partial charge in [0.05, 0.1) is 12.1 Å². The van der Waals surface area contributed by atoms with Crippen LogP contribution >= 0.6 is 0 Å². The van der Waals surface area contributed by atoms with Crippen LogP contribution in [0.15, 0.2) is 70.4 Å². The number of carbonyl (C=O) groups excluding carboxylic acids is 1. The van der Waals surface area contributed by atoms with Gasteiger partial charge >= 0.3 is 11.1 Å². The van der Waals surface area contributed by atoms with Crippen LogP contribution in [0.5, 0.6) is 11.5 Å². The van der Waals surface area contributed by atoms with Gasteiger partial charge in [0.15, 0.2) is 17.1 Å². The molecule has 5 rings (SSSR count). The second kappa shape index (κ2) is 8.86. The van der Waals surface area contributed by atoms with Crippen LogP contribution in [-0.2, 0) is 24.4 Å². The summed E-state index contributed by atoms with van der Waals surface area (Å²) in [6.45, 7) is 2.30. The number of hydrogen-bond donors (Lipinski definition) is 1. The molecule has 1 N–H and O–H groups in total. The van der Waals surface area contributed by atoms with Crippen molar-refractivity contribution >= 4 is 17.1 Å². The summed E-state index contributed by atoms with van der Waals surface area (Å²) in [7, 11) is 0. The fourth-order valence-corrected chi connectivity index (χ4v) is 3.87. The molecule has 9 heteroatoms. The van der Waals surface area contributed by atoms with Crippen molar-refractivity contribution in [3.05, 3.63) is 98.2 Å². The zero-order valence-corrected chi connectivity index (χ0v) is 18.5. The standard InChI is InChI=1S/C25H22N4O5/c1-16-4-6-17(7-5-16)13-29-23-19(3-2-10-26-23)28(24(31)25(29)32)14-22(30)27-12-18-8-9-20-21(11-18)34-15-33-20/h2-11H,12-15H2,1H3,(H,27,30). The number of rotatable bonds is 6. The van der Waals surface area contributed by atoms with Crippen LogP contribution in [0.1, 0.15) is 16.7 Å². The van der Waals surface area contributed by atoms with Crippen LogP contribution in [0.3, 0.4) is 0 Å². The van der Waals surface area contributed by atoms with E-state index in [2.05, 4.69) is 10.3 Å². The number of aryl methyl sites for hydroxylation is 1. The summed E-state index contributed by atoms with van der Waals surface area (Å²) in [5.74, 6) is 0.879. The number of pyridine rings is 1. The molecule has 0 atom stereocenters. The molecule has 2 aromatic heterocycles. The van der Waals surface area contributed by atoms with Gasteiger partial charge in [0.1, 0.15) is 6.54 Å². The Morgan fingerprint density at radius 2 is 1.71 bits per heavy atom. The van der Waals surface area contributed by atoms with Gasteiger partial charge in [-0.3, -0.25) is 23.5 Å². The SMILES string of the molecule is Cc1ccc(Cn2c(=O)c(=O)n(CC(=O)NCc3ccc4c(c3)OCO4)c3cccnc32)cc1. The van der Waals surface area contributed by atoms with Crippen molar-refractivity contribution in [3.8, 4) is 11.5 Å².